The molecule has 0 saturated heterocycles. The highest BCUT2D eigenvalue weighted by Gasteiger charge is 2.23. The van der Waals surface area contributed by atoms with Crippen molar-refractivity contribution in [3.05, 3.63) is 59.9 Å². The number of hydrogen-bond donors (Lipinski definition) is 1. The summed E-state index contributed by atoms with van der Waals surface area (Å²) in [5, 5.41) is 12.0. The molecule has 2 atom stereocenters. The fourth-order valence-corrected chi connectivity index (χ4v) is 4.04. The van der Waals surface area contributed by atoms with Crippen molar-refractivity contribution >= 4 is 23.4 Å². The van der Waals surface area contributed by atoms with Crippen LogP contribution in [0.15, 0.2) is 53.7 Å². The maximum absolute atomic E-state index is 12.7. The van der Waals surface area contributed by atoms with Gasteiger partial charge in [0.2, 0.25) is 5.91 Å². The molecule has 0 bridgehead atoms. The predicted molar refractivity (Wildman–Crippen MR) is 123 cm³/mol. The highest BCUT2D eigenvalue weighted by molar-refractivity contribution is 8.00. The molecule has 31 heavy (non-hydrogen) atoms. The number of carbonyl (C=O) groups excluding carboxylic acids is 1. The molecular formula is C23H28N4O3S. The molecule has 7 nitrogen and oxygen atoms in total. The molecule has 0 saturated carbocycles. The van der Waals surface area contributed by atoms with Crippen molar-refractivity contribution < 1.29 is 14.3 Å². The number of anilines is 1. The molecule has 2 aromatic carbocycles. The van der Waals surface area contributed by atoms with Gasteiger partial charge in [-0.05, 0) is 57.5 Å². The summed E-state index contributed by atoms with van der Waals surface area (Å²) in [4.78, 5) is 12.7. The number of methoxy groups -OCH3 is 1. The van der Waals surface area contributed by atoms with E-state index in [1.54, 1.807) is 7.11 Å². The van der Waals surface area contributed by atoms with E-state index < -0.39 is 0 Å². The molecule has 164 valence electrons. The average molecular weight is 441 g/mol. The summed E-state index contributed by atoms with van der Waals surface area (Å²) in [6.45, 7) is 8.46. The van der Waals surface area contributed by atoms with Crippen LogP contribution in [0, 0.1) is 6.92 Å². The molecule has 0 radical (unpaired) electrons. The van der Waals surface area contributed by atoms with Crippen LogP contribution in [-0.2, 0) is 11.3 Å². The number of aromatic nitrogens is 3. The van der Waals surface area contributed by atoms with Crippen LogP contribution >= 0.6 is 11.8 Å². The Balaban J connectivity index is 1.71. The van der Waals surface area contributed by atoms with Crippen LogP contribution in [0.25, 0.3) is 0 Å². The molecule has 0 aliphatic carbocycles. The standard InChI is InChI=1S/C23H28N4O3S/c1-6-27-21(16(3)30-20-13-8-7-12-19(20)29-5)25-26-23(27)31-17(4)22(28)24-18-11-9-10-15(2)14-18/h7-14,16-17H,6H2,1-5H3,(H,24,28). The second-order valence-electron chi connectivity index (χ2n) is 7.11. The van der Waals surface area contributed by atoms with Crippen molar-refractivity contribution in [3.63, 3.8) is 0 Å². The van der Waals surface area contributed by atoms with Gasteiger partial charge in [-0.2, -0.15) is 0 Å². The summed E-state index contributed by atoms with van der Waals surface area (Å²) in [5.41, 5.74) is 1.88. The molecule has 0 aliphatic rings. The number of para-hydroxylation sites is 2. The van der Waals surface area contributed by atoms with Gasteiger partial charge in [0.15, 0.2) is 28.6 Å². The number of carbonyl (C=O) groups is 1. The van der Waals surface area contributed by atoms with E-state index in [0.29, 0.717) is 29.0 Å². The number of benzene rings is 2. The Labute approximate surface area is 187 Å². The quantitative estimate of drug-likeness (QED) is 0.478. The summed E-state index contributed by atoms with van der Waals surface area (Å²) in [6.07, 6.45) is -0.338. The molecule has 0 spiro atoms. The highest BCUT2D eigenvalue weighted by Crippen LogP contribution is 2.31. The molecule has 1 N–H and O–H groups in total. The van der Waals surface area contributed by atoms with Crippen molar-refractivity contribution in [2.24, 2.45) is 0 Å². The third-order valence-electron chi connectivity index (χ3n) is 4.74. The van der Waals surface area contributed by atoms with Gasteiger partial charge < -0.3 is 19.4 Å². The fraction of sp³-hybridized carbons (Fsp3) is 0.348. The van der Waals surface area contributed by atoms with Gasteiger partial charge in [0.1, 0.15) is 0 Å². The smallest absolute Gasteiger partial charge is 0.237 e. The summed E-state index contributed by atoms with van der Waals surface area (Å²) < 4.78 is 13.4. The lowest BCUT2D eigenvalue weighted by atomic mass is 10.2. The Hall–Kier alpha value is -3.00. The topological polar surface area (TPSA) is 78.3 Å². The summed E-state index contributed by atoms with van der Waals surface area (Å²) in [6, 6.07) is 15.2. The van der Waals surface area contributed by atoms with E-state index in [1.165, 1.54) is 11.8 Å². The summed E-state index contributed by atoms with van der Waals surface area (Å²) in [5.74, 6) is 1.92. The second kappa shape index (κ2) is 10.3. The monoisotopic (exact) mass is 440 g/mol. The number of thioether (sulfide) groups is 1. The van der Waals surface area contributed by atoms with Crippen molar-refractivity contribution in [2.75, 3.05) is 12.4 Å². The average Bonchev–Trinajstić information content (AvgIpc) is 3.16. The van der Waals surface area contributed by atoms with Crippen LogP contribution in [0.2, 0.25) is 0 Å². The van der Waals surface area contributed by atoms with Crippen LogP contribution in [0.4, 0.5) is 5.69 Å². The lowest BCUT2D eigenvalue weighted by Crippen LogP contribution is -2.23. The zero-order valence-corrected chi connectivity index (χ0v) is 19.3. The molecule has 1 heterocycles. The van der Waals surface area contributed by atoms with Crippen LogP contribution in [0.1, 0.15) is 38.3 Å². The first-order valence-corrected chi connectivity index (χ1v) is 11.1. The molecule has 2 unspecified atom stereocenters. The lowest BCUT2D eigenvalue weighted by molar-refractivity contribution is -0.115. The van der Waals surface area contributed by atoms with Gasteiger partial charge in [0.25, 0.3) is 0 Å². The molecule has 8 heteroatoms. The first-order chi connectivity index (χ1) is 14.9. The third-order valence-corrected chi connectivity index (χ3v) is 5.82. The van der Waals surface area contributed by atoms with Gasteiger partial charge in [-0.3, -0.25) is 4.79 Å². The van der Waals surface area contributed by atoms with E-state index >= 15 is 0 Å². The Morgan fingerprint density at radius 3 is 2.55 bits per heavy atom. The minimum atomic E-state index is -0.340. The number of rotatable bonds is 9. The number of aryl methyl sites for hydroxylation is 1. The maximum atomic E-state index is 12.7. The molecule has 3 aromatic rings. The Kier molecular flexibility index (Phi) is 7.57. The van der Waals surface area contributed by atoms with E-state index in [9.17, 15) is 4.79 Å². The van der Waals surface area contributed by atoms with Gasteiger partial charge >= 0.3 is 0 Å². The predicted octanol–water partition coefficient (Wildman–Crippen LogP) is 4.87. The molecule has 3 rings (SSSR count). The van der Waals surface area contributed by atoms with E-state index in [4.69, 9.17) is 9.47 Å². The van der Waals surface area contributed by atoms with Gasteiger partial charge in [0, 0.05) is 12.2 Å². The molecule has 1 aromatic heterocycles. The van der Waals surface area contributed by atoms with Crippen LogP contribution in [0.5, 0.6) is 11.5 Å². The Bertz CT molecular complexity index is 1040. The second-order valence-corrected chi connectivity index (χ2v) is 8.42. The van der Waals surface area contributed by atoms with Crippen molar-refractivity contribution in [1.29, 1.82) is 0 Å². The zero-order chi connectivity index (χ0) is 22.4. The number of nitrogens with zero attached hydrogens (tertiary/aromatic N) is 3. The van der Waals surface area contributed by atoms with E-state index in [-0.39, 0.29) is 17.3 Å². The van der Waals surface area contributed by atoms with Crippen LogP contribution < -0.4 is 14.8 Å². The molecule has 1 amide bonds. The maximum Gasteiger partial charge on any atom is 0.237 e. The van der Waals surface area contributed by atoms with E-state index in [2.05, 4.69) is 15.5 Å². The zero-order valence-electron chi connectivity index (χ0n) is 18.5. The van der Waals surface area contributed by atoms with Gasteiger partial charge in [-0.25, -0.2) is 0 Å². The van der Waals surface area contributed by atoms with Crippen molar-refractivity contribution in [3.8, 4) is 11.5 Å². The molecular weight excluding hydrogens is 412 g/mol. The summed E-state index contributed by atoms with van der Waals surface area (Å²) in [7, 11) is 1.61. The Morgan fingerprint density at radius 1 is 1.13 bits per heavy atom. The van der Waals surface area contributed by atoms with Gasteiger partial charge in [0.05, 0.1) is 12.4 Å². The van der Waals surface area contributed by atoms with Crippen molar-refractivity contribution in [1.82, 2.24) is 14.8 Å². The van der Waals surface area contributed by atoms with Crippen LogP contribution in [-0.4, -0.2) is 33.0 Å². The number of hydrogen-bond acceptors (Lipinski definition) is 6. The first-order valence-electron chi connectivity index (χ1n) is 10.2. The highest BCUT2D eigenvalue weighted by atomic mass is 32.2. The van der Waals surface area contributed by atoms with Gasteiger partial charge in [-0.1, -0.05) is 36.0 Å². The van der Waals surface area contributed by atoms with Gasteiger partial charge in [-0.15, -0.1) is 10.2 Å². The Morgan fingerprint density at radius 2 is 1.87 bits per heavy atom. The molecule has 0 aliphatic heterocycles. The minimum Gasteiger partial charge on any atom is -0.493 e. The number of amides is 1. The fourth-order valence-electron chi connectivity index (χ4n) is 3.12. The first kappa shape index (κ1) is 22.7. The minimum absolute atomic E-state index is 0.0823. The van der Waals surface area contributed by atoms with E-state index in [1.807, 2.05) is 80.8 Å². The van der Waals surface area contributed by atoms with Crippen molar-refractivity contribution in [2.45, 2.75) is 50.8 Å². The third kappa shape index (κ3) is 5.58. The summed E-state index contributed by atoms with van der Waals surface area (Å²) >= 11 is 1.38. The number of nitrogens with one attached hydrogen (secondary N) is 1. The molecule has 0 fully saturated rings. The SMILES string of the molecule is CCn1c(SC(C)C(=O)Nc2cccc(C)c2)nnc1C(C)Oc1ccccc1OC. The van der Waals surface area contributed by atoms with Crippen LogP contribution in [0.3, 0.4) is 0 Å². The van der Waals surface area contributed by atoms with E-state index in [0.717, 1.165) is 11.3 Å². The normalized spacial score (nSPS) is 12.8. The number of ether oxygens (including phenoxy) is 2. The lowest BCUT2D eigenvalue weighted by Gasteiger charge is -2.18. The largest absolute Gasteiger partial charge is 0.493 e.